The van der Waals surface area contributed by atoms with Gasteiger partial charge in [-0.2, -0.15) is 0 Å². The lowest BCUT2D eigenvalue weighted by atomic mass is 9.87. The van der Waals surface area contributed by atoms with Gasteiger partial charge in [-0.05, 0) is 48.9 Å². The molecule has 4 rings (SSSR count). The number of nitrogens with one attached hydrogen (secondary N) is 1. The fraction of sp³-hybridized carbons (Fsp3) is 0.263. The molecule has 0 spiro atoms. The molecular weight excluding hydrogens is 318 g/mol. The summed E-state index contributed by atoms with van der Waals surface area (Å²) >= 11 is 1.38. The van der Waals surface area contributed by atoms with Crippen molar-refractivity contribution in [1.82, 2.24) is 4.98 Å². The Bertz CT molecular complexity index is 917. The summed E-state index contributed by atoms with van der Waals surface area (Å²) in [5, 5.41) is 3.81. The van der Waals surface area contributed by atoms with Crippen molar-refractivity contribution in [2.24, 2.45) is 5.92 Å². The lowest BCUT2D eigenvalue weighted by molar-refractivity contribution is 0.103. The maximum Gasteiger partial charge on any atom is 0.267 e. The van der Waals surface area contributed by atoms with Gasteiger partial charge in [0.05, 0.1) is 5.69 Å². The lowest BCUT2D eigenvalue weighted by Crippen LogP contribution is -2.12. The van der Waals surface area contributed by atoms with E-state index in [1.54, 1.807) is 0 Å². The molecule has 0 saturated carbocycles. The van der Waals surface area contributed by atoms with E-state index in [9.17, 15) is 4.79 Å². The van der Waals surface area contributed by atoms with Crippen LogP contribution in [-0.4, -0.2) is 10.9 Å². The molecule has 5 heteroatoms. The third-order valence-corrected chi connectivity index (χ3v) is 5.68. The number of amides is 1. The van der Waals surface area contributed by atoms with Crippen LogP contribution in [0.3, 0.4) is 0 Å². The molecule has 0 radical (unpaired) electrons. The minimum Gasteiger partial charge on any atom is -0.397 e. The summed E-state index contributed by atoms with van der Waals surface area (Å²) in [4.78, 5) is 18.7. The lowest BCUT2D eigenvalue weighted by Gasteiger charge is -2.20. The van der Waals surface area contributed by atoms with Crippen molar-refractivity contribution in [2.75, 3.05) is 11.1 Å². The number of hydrogen-bond acceptors (Lipinski definition) is 4. The standard InChI is InChI=1S/C19H19N3OS/c1-11-7-8-15-12(9-11)10-14-16(20)17(24-19(14)22-15)18(23)21-13-5-3-2-4-6-13/h2-6,10-11H,7-9,20H2,1H3,(H,21,23). The van der Waals surface area contributed by atoms with Gasteiger partial charge < -0.3 is 11.1 Å². The molecule has 3 aromatic rings. The molecule has 0 fully saturated rings. The first-order valence-electron chi connectivity index (χ1n) is 8.19. The molecule has 1 aromatic carbocycles. The SMILES string of the molecule is CC1CCc2nc3sc(C(=O)Nc4ccccc4)c(N)c3cc2C1. The number of nitrogen functional groups attached to an aromatic ring is 1. The highest BCUT2D eigenvalue weighted by Gasteiger charge is 2.22. The number of aromatic nitrogens is 1. The van der Waals surface area contributed by atoms with E-state index < -0.39 is 0 Å². The zero-order valence-corrected chi connectivity index (χ0v) is 14.3. The van der Waals surface area contributed by atoms with Crippen LogP contribution >= 0.6 is 11.3 Å². The predicted molar refractivity (Wildman–Crippen MR) is 99.6 cm³/mol. The highest BCUT2D eigenvalue weighted by molar-refractivity contribution is 7.21. The van der Waals surface area contributed by atoms with E-state index in [0.717, 1.165) is 34.4 Å². The molecule has 1 unspecified atom stereocenters. The molecule has 1 aliphatic carbocycles. The molecule has 24 heavy (non-hydrogen) atoms. The van der Waals surface area contributed by atoms with Gasteiger partial charge in [0, 0.05) is 16.8 Å². The summed E-state index contributed by atoms with van der Waals surface area (Å²) in [5.41, 5.74) is 10.0. The molecule has 3 N–H and O–H groups in total. The van der Waals surface area contributed by atoms with Crippen molar-refractivity contribution < 1.29 is 4.79 Å². The smallest absolute Gasteiger partial charge is 0.267 e. The molecule has 1 aliphatic rings. The highest BCUT2D eigenvalue weighted by Crippen LogP contribution is 2.36. The molecule has 1 amide bonds. The Labute approximate surface area is 144 Å². The monoisotopic (exact) mass is 337 g/mol. The zero-order valence-electron chi connectivity index (χ0n) is 13.5. The number of thiophene rings is 1. The van der Waals surface area contributed by atoms with Gasteiger partial charge in [-0.3, -0.25) is 4.79 Å². The third kappa shape index (κ3) is 2.65. The average molecular weight is 337 g/mol. The van der Waals surface area contributed by atoms with Gasteiger partial charge >= 0.3 is 0 Å². The first-order valence-corrected chi connectivity index (χ1v) is 9.00. The van der Waals surface area contributed by atoms with Crippen LogP contribution in [0, 0.1) is 5.92 Å². The Balaban J connectivity index is 1.71. The number of nitrogens with two attached hydrogens (primary N) is 1. The van der Waals surface area contributed by atoms with Gasteiger partial charge in [-0.1, -0.05) is 25.1 Å². The summed E-state index contributed by atoms with van der Waals surface area (Å²) in [5.74, 6) is 0.505. The number of para-hydroxylation sites is 1. The number of carbonyl (C=O) groups is 1. The van der Waals surface area contributed by atoms with E-state index in [1.807, 2.05) is 30.3 Å². The summed E-state index contributed by atoms with van der Waals surface area (Å²) in [6.45, 7) is 2.27. The molecule has 0 bridgehead atoms. The highest BCUT2D eigenvalue weighted by atomic mass is 32.1. The Morgan fingerprint density at radius 1 is 1.33 bits per heavy atom. The number of carbonyl (C=O) groups excluding carboxylic acids is 1. The second-order valence-corrected chi connectivity index (χ2v) is 7.46. The van der Waals surface area contributed by atoms with Crippen LogP contribution in [-0.2, 0) is 12.8 Å². The Morgan fingerprint density at radius 3 is 2.92 bits per heavy atom. The summed E-state index contributed by atoms with van der Waals surface area (Å²) in [7, 11) is 0. The van der Waals surface area contributed by atoms with Gasteiger partial charge in [0.1, 0.15) is 9.71 Å². The van der Waals surface area contributed by atoms with Crippen molar-refractivity contribution in [3.63, 3.8) is 0 Å². The van der Waals surface area contributed by atoms with Crippen LogP contribution in [0.4, 0.5) is 11.4 Å². The van der Waals surface area contributed by atoms with E-state index in [1.165, 1.54) is 23.3 Å². The van der Waals surface area contributed by atoms with E-state index in [-0.39, 0.29) is 5.91 Å². The molecule has 2 aromatic heterocycles. The number of nitrogens with zero attached hydrogens (tertiary/aromatic N) is 1. The quantitative estimate of drug-likeness (QED) is 0.734. The van der Waals surface area contributed by atoms with Crippen molar-refractivity contribution in [3.05, 3.63) is 52.5 Å². The van der Waals surface area contributed by atoms with E-state index in [4.69, 9.17) is 10.7 Å². The Morgan fingerprint density at radius 2 is 2.12 bits per heavy atom. The van der Waals surface area contributed by atoms with Crippen LogP contribution in [0.5, 0.6) is 0 Å². The number of fused-ring (bicyclic) bond motifs is 2. The van der Waals surface area contributed by atoms with E-state index in [0.29, 0.717) is 16.5 Å². The van der Waals surface area contributed by atoms with Crippen molar-refractivity contribution in [1.29, 1.82) is 0 Å². The maximum absolute atomic E-state index is 12.6. The van der Waals surface area contributed by atoms with Gasteiger partial charge in [0.15, 0.2) is 0 Å². The predicted octanol–water partition coefficient (Wildman–Crippen LogP) is 4.26. The van der Waals surface area contributed by atoms with Crippen LogP contribution < -0.4 is 11.1 Å². The van der Waals surface area contributed by atoms with Gasteiger partial charge in [-0.25, -0.2) is 4.98 Å². The second-order valence-electron chi connectivity index (χ2n) is 6.46. The number of rotatable bonds is 2. The number of anilines is 2. The summed E-state index contributed by atoms with van der Waals surface area (Å²) < 4.78 is 0. The number of hydrogen-bond donors (Lipinski definition) is 2. The normalized spacial score (nSPS) is 16.8. The fourth-order valence-corrected chi connectivity index (χ4v) is 4.24. The first-order chi connectivity index (χ1) is 11.6. The summed E-state index contributed by atoms with van der Waals surface area (Å²) in [6.07, 6.45) is 3.22. The molecule has 1 atom stereocenters. The number of benzene rings is 1. The minimum atomic E-state index is -0.173. The fourth-order valence-electron chi connectivity index (χ4n) is 3.25. The zero-order chi connectivity index (χ0) is 16.7. The molecule has 0 aliphatic heterocycles. The van der Waals surface area contributed by atoms with Crippen molar-refractivity contribution in [3.8, 4) is 0 Å². The molecule has 4 nitrogen and oxygen atoms in total. The van der Waals surface area contributed by atoms with Crippen LogP contribution in [0.25, 0.3) is 10.2 Å². The molecule has 2 heterocycles. The van der Waals surface area contributed by atoms with Crippen molar-refractivity contribution in [2.45, 2.75) is 26.2 Å². The topological polar surface area (TPSA) is 68.0 Å². The largest absolute Gasteiger partial charge is 0.397 e. The maximum atomic E-state index is 12.6. The van der Waals surface area contributed by atoms with Gasteiger partial charge in [0.2, 0.25) is 0 Å². The van der Waals surface area contributed by atoms with E-state index >= 15 is 0 Å². The Hall–Kier alpha value is -2.40. The average Bonchev–Trinajstić information content (AvgIpc) is 2.90. The molecule has 122 valence electrons. The second kappa shape index (κ2) is 5.91. The number of aryl methyl sites for hydroxylation is 1. The first kappa shape index (κ1) is 15.1. The van der Waals surface area contributed by atoms with Gasteiger partial charge in [0.25, 0.3) is 5.91 Å². The molecular formula is C19H19N3OS. The van der Waals surface area contributed by atoms with Crippen molar-refractivity contribution >= 4 is 38.8 Å². The third-order valence-electron chi connectivity index (χ3n) is 4.57. The molecule has 0 saturated heterocycles. The van der Waals surface area contributed by atoms with E-state index in [2.05, 4.69) is 18.3 Å². The Kier molecular flexibility index (Phi) is 3.73. The van der Waals surface area contributed by atoms with Crippen LogP contribution in [0.15, 0.2) is 36.4 Å². The minimum absolute atomic E-state index is 0.173. The van der Waals surface area contributed by atoms with Gasteiger partial charge in [-0.15, -0.1) is 11.3 Å². The van der Waals surface area contributed by atoms with Crippen LogP contribution in [0.1, 0.15) is 34.3 Å². The van der Waals surface area contributed by atoms with Crippen LogP contribution in [0.2, 0.25) is 0 Å². The summed E-state index contributed by atoms with van der Waals surface area (Å²) in [6, 6.07) is 11.6. The number of pyridine rings is 1.